The largest absolute Gasteiger partial charge is 0.425 e. The molecule has 7 rings (SSSR count). The van der Waals surface area contributed by atoms with Crippen LogP contribution in [0.5, 0.6) is 5.75 Å². The summed E-state index contributed by atoms with van der Waals surface area (Å²) in [4.78, 5) is 68.9. The highest BCUT2D eigenvalue weighted by Crippen LogP contribution is 2.39. The Bertz CT molecular complexity index is 2110. The topological polar surface area (TPSA) is 145 Å². The van der Waals surface area contributed by atoms with E-state index in [9.17, 15) is 28.6 Å². The standard InChI is InChI=1S/C39H43N6O7P/c1-4-19-43-25-35(46)44-33(20-26-13-17-30(18-14-26)52-53(3,50)51)38(48)42(24-34(44)45(43)39(49)40-21-27-9-6-5-7-10-27)22-29-11-8-12-31-32(23-41(2)36(29)31)37(47)28-15-16-28/h4-14,17-18,23,28,33-34H,1,15-16,19-22,24-25H2,2-3H3,(H,40,49)(H,50,51). The highest BCUT2D eigenvalue weighted by molar-refractivity contribution is 7.52. The van der Waals surface area contributed by atoms with Gasteiger partial charge in [-0.15, -0.1) is 6.58 Å². The fourth-order valence-electron chi connectivity index (χ4n) is 7.45. The number of amides is 4. The van der Waals surface area contributed by atoms with E-state index in [1.165, 1.54) is 9.91 Å². The molecule has 1 aromatic heterocycles. The maximum atomic E-state index is 14.6. The Balaban J connectivity index is 1.25. The van der Waals surface area contributed by atoms with Gasteiger partial charge in [0.15, 0.2) is 5.78 Å². The van der Waals surface area contributed by atoms with Gasteiger partial charge in [-0.1, -0.05) is 66.7 Å². The lowest BCUT2D eigenvalue weighted by Gasteiger charge is -2.55. The van der Waals surface area contributed by atoms with Gasteiger partial charge in [0, 0.05) is 62.8 Å². The summed E-state index contributed by atoms with van der Waals surface area (Å²) in [6, 6.07) is 20.4. The van der Waals surface area contributed by atoms with Crippen LogP contribution in [0.2, 0.25) is 0 Å². The van der Waals surface area contributed by atoms with E-state index in [4.69, 9.17) is 4.52 Å². The van der Waals surface area contributed by atoms with Crippen molar-refractivity contribution in [2.24, 2.45) is 13.0 Å². The highest BCUT2D eigenvalue weighted by Gasteiger charge is 2.51. The number of piperazine rings is 1. The van der Waals surface area contributed by atoms with Crippen molar-refractivity contribution in [2.75, 3.05) is 26.3 Å². The Labute approximate surface area is 307 Å². The first-order valence-electron chi connectivity index (χ1n) is 17.7. The summed E-state index contributed by atoms with van der Waals surface area (Å²) in [6.07, 6.45) is 4.55. The van der Waals surface area contributed by atoms with Crippen molar-refractivity contribution in [1.29, 1.82) is 0 Å². The predicted molar refractivity (Wildman–Crippen MR) is 199 cm³/mol. The van der Waals surface area contributed by atoms with Gasteiger partial charge < -0.3 is 29.1 Å². The minimum atomic E-state index is -3.79. The van der Waals surface area contributed by atoms with Crippen molar-refractivity contribution in [2.45, 2.75) is 44.6 Å². The number of rotatable bonds is 12. The fourth-order valence-corrected chi connectivity index (χ4v) is 7.96. The molecule has 3 heterocycles. The SMILES string of the molecule is C=CCN1CC(=O)N2C(Cc3ccc(OP(C)(=O)O)cc3)C(=O)N(Cc3cccc4c(C(=O)C5CC5)cn(C)c34)CC2N1C(=O)NCc1ccccc1. The van der Waals surface area contributed by atoms with Crippen LogP contribution in [0.25, 0.3) is 10.9 Å². The molecule has 3 unspecified atom stereocenters. The van der Waals surface area contributed by atoms with Crippen LogP contribution < -0.4 is 9.84 Å². The van der Waals surface area contributed by atoms with E-state index >= 15 is 0 Å². The van der Waals surface area contributed by atoms with E-state index in [0.717, 1.165) is 41.5 Å². The first kappa shape index (κ1) is 36.1. The summed E-state index contributed by atoms with van der Waals surface area (Å²) in [5.74, 6) is -0.207. The van der Waals surface area contributed by atoms with Gasteiger partial charge in [0.1, 0.15) is 18.0 Å². The van der Waals surface area contributed by atoms with Crippen molar-refractivity contribution in [1.82, 2.24) is 29.7 Å². The molecule has 2 aliphatic heterocycles. The van der Waals surface area contributed by atoms with Crippen molar-refractivity contribution in [3.05, 3.63) is 114 Å². The third kappa shape index (κ3) is 7.64. The van der Waals surface area contributed by atoms with Gasteiger partial charge >= 0.3 is 13.6 Å². The number of hydrogen-bond donors (Lipinski definition) is 2. The van der Waals surface area contributed by atoms with Crippen molar-refractivity contribution < 1.29 is 33.2 Å². The van der Waals surface area contributed by atoms with Gasteiger partial charge in [-0.2, -0.15) is 0 Å². The van der Waals surface area contributed by atoms with Crippen LogP contribution in [0.1, 0.15) is 39.9 Å². The number of benzene rings is 3. The summed E-state index contributed by atoms with van der Waals surface area (Å²) < 4.78 is 18.9. The number of carbonyl (C=O) groups is 4. The summed E-state index contributed by atoms with van der Waals surface area (Å²) in [5, 5.41) is 7.02. The van der Waals surface area contributed by atoms with Gasteiger partial charge in [-0.3, -0.25) is 14.4 Å². The number of hydrogen-bond acceptors (Lipinski definition) is 7. The van der Waals surface area contributed by atoms with Crippen molar-refractivity contribution in [3.63, 3.8) is 0 Å². The molecule has 0 spiro atoms. The molecular formula is C39H43N6O7P. The monoisotopic (exact) mass is 738 g/mol. The molecule has 3 atom stereocenters. The van der Waals surface area contributed by atoms with Crippen LogP contribution in [0.15, 0.2) is 91.6 Å². The van der Waals surface area contributed by atoms with Crippen LogP contribution in [-0.2, 0) is 40.7 Å². The molecular weight excluding hydrogens is 695 g/mol. The van der Waals surface area contributed by atoms with Gasteiger partial charge in [0.05, 0.1) is 18.6 Å². The number of Topliss-reactive ketones (excluding diaryl/α,β-unsaturated/α-hetero) is 1. The summed E-state index contributed by atoms with van der Waals surface area (Å²) >= 11 is 0. The zero-order valence-corrected chi connectivity index (χ0v) is 30.7. The van der Waals surface area contributed by atoms with E-state index in [-0.39, 0.29) is 68.4 Å². The van der Waals surface area contributed by atoms with Crippen LogP contribution in [-0.4, -0.2) is 91.4 Å². The molecule has 0 bridgehead atoms. The van der Waals surface area contributed by atoms with Gasteiger partial charge in [0.2, 0.25) is 11.8 Å². The Kier molecular flexibility index (Phi) is 9.99. The molecule has 1 aliphatic carbocycles. The summed E-state index contributed by atoms with van der Waals surface area (Å²) in [7, 11) is -1.89. The molecule has 3 aromatic carbocycles. The van der Waals surface area contributed by atoms with E-state index in [1.54, 1.807) is 40.3 Å². The first-order chi connectivity index (χ1) is 25.4. The quantitative estimate of drug-likeness (QED) is 0.121. The molecule has 53 heavy (non-hydrogen) atoms. The number of fused-ring (bicyclic) bond motifs is 2. The van der Waals surface area contributed by atoms with Crippen LogP contribution in [0.4, 0.5) is 4.79 Å². The normalized spacial score (nSPS) is 20.2. The summed E-state index contributed by atoms with van der Waals surface area (Å²) in [6.45, 7) is 5.52. The van der Waals surface area contributed by atoms with Gasteiger partial charge in [-0.25, -0.2) is 19.4 Å². The number of nitrogens with zero attached hydrogens (tertiary/aromatic N) is 5. The van der Waals surface area contributed by atoms with Crippen LogP contribution >= 0.6 is 7.60 Å². The molecule has 1 saturated carbocycles. The lowest BCUT2D eigenvalue weighted by molar-refractivity contribution is -0.189. The van der Waals surface area contributed by atoms with E-state index in [1.807, 2.05) is 66.3 Å². The van der Waals surface area contributed by atoms with Crippen molar-refractivity contribution >= 4 is 42.1 Å². The molecule has 2 saturated heterocycles. The van der Waals surface area contributed by atoms with Gasteiger partial charge in [-0.05, 0) is 41.7 Å². The van der Waals surface area contributed by atoms with E-state index in [2.05, 4.69) is 11.9 Å². The molecule has 3 aliphatic rings. The number of aryl methyl sites for hydroxylation is 1. The Morgan fingerprint density at radius 1 is 1.02 bits per heavy atom. The second-order valence-corrected chi connectivity index (χ2v) is 15.8. The summed E-state index contributed by atoms with van der Waals surface area (Å²) in [5.41, 5.74) is 3.95. The zero-order valence-electron chi connectivity index (χ0n) is 29.8. The number of para-hydroxylation sites is 1. The molecule has 2 N–H and O–H groups in total. The Hall–Kier alpha value is -5.23. The van der Waals surface area contributed by atoms with E-state index in [0.29, 0.717) is 11.1 Å². The zero-order chi connectivity index (χ0) is 37.4. The molecule has 276 valence electrons. The molecule has 14 heteroatoms. The number of hydrazine groups is 1. The predicted octanol–water partition coefficient (Wildman–Crippen LogP) is 4.70. The average molecular weight is 739 g/mol. The minimum absolute atomic E-state index is 0.0389. The molecule has 0 radical (unpaired) electrons. The third-order valence-electron chi connectivity index (χ3n) is 9.95. The fraction of sp³-hybridized carbons (Fsp3) is 0.333. The maximum Gasteiger partial charge on any atom is 0.373 e. The van der Waals surface area contributed by atoms with Gasteiger partial charge in [0.25, 0.3) is 0 Å². The molecule has 13 nitrogen and oxygen atoms in total. The minimum Gasteiger partial charge on any atom is -0.425 e. The molecule has 4 aromatic rings. The number of carbonyl (C=O) groups excluding carboxylic acids is 4. The number of aromatic nitrogens is 1. The Morgan fingerprint density at radius 3 is 2.43 bits per heavy atom. The number of nitrogens with one attached hydrogen (secondary N) is 1. The Morgan fingerprint density at radius 2 is 1.75 bits per heavy atom. The maximum absolute atomic E-state index is 14.6. The molecule has 3 fully saturated rings. The molecule has 4 amide bonds. The van der Waals surface area contributed by atoms with Crippen molar-refractivity contribution in [3.8, 4) is 5.75 Å². The van der Waals surface area contributed by atoms with Crippen LogP contribution in [0, 0.1) is 5.92 Å². The number of urea groups is 1. The third-order valence-corrected chi connectivity index (χ3v) is 10.5. The lowest BCUT2D eigenvalue weighted by atomic mass is 9.97. The lowest BCUT2D eigenvalue weighted by Crippen LogP contribution is -2.76. The number of ketones is 1. The second kappa shape index (κ2) is 14.7. The second-order valence-electron chi connectivity index (χ2n) is 14.0. The van der Waals surface area contributed by atoms with Crippen LogP contribution in [0.3, 0.4) is 0 Å². The average Bonchev–Trinajstić information content (AvgIpc) is 3.92. The highest BCUT2D eigenvalue weighted by atomic mass is 31.2. The van der Waals surface area contributed by atoms with E-state index < -0.39 is 25.8 Å². The first-order valence-corrected chi connectivity index (χ1v) is 19.7. The smallest absolute Gasteiger partial charge is 0.373 e.